The average molecular weight is 266 g/mol. The van der Waals surface area contributed by atoms with Gasteiger partial charge in [0.1, 0.15) is 6.07 Å². The second kappa shape index (κ2) is 4.61. The van der Waals surface area contributed by atoms with Crippen molar-refractivity contribution in [3.63, 3.8) is 0 Å². The van der Waals surface area contributed by atoms with Gasteiger partial charge in [-0.2, -0.15) is 5.26 Å². The molecule has 20 heavy (non-hydrogen) atoms. The number of carbonyl (C=O) groups is 2. The van der Waals surface area contributed by atoms with Gasteiger partial charge in [0.15, 0.2) is 0 Å². The monoisotopic (exact) mass is 266 g/mol. The summed E-state index contributed by atoms with van der Waals surface area (Å²) in [5.41, 5.74) is 1.61. The highest BCUT2D eigenvalue weighted by molar-refractivity contribution is 6.22. The normalized spacial score (nSPS) is 24.7. The molecule has 4 heteroatoms. The van der Waals surface area contributed by atoms with E-state index in [-0.39, 0.29) is 23.7 Å². The van der Waals surface area contributed by atoms with Gasteiger partial charge in [-0.15, -0.1) is 0 Å². The first kappa shape index (κ1) is 12.6. The molecular formula is C16H14N2O2. The molecule has 1 heterocycles. The Kier molecular flexibility index (Phi) is 2.90. The molecule has 0 bridgehead atoms. The van der Waals surface area contributed by atoms with E-state index in [0.29, 0.717) is 24.1 Å². The van der Waals surface area contributed by atoms with Crippen LogP contribution in [0.5, 0.6) is 0 Å². The Labute approximate surface area is 117 Å². The van der Waals surface area contributed by atoms with E-state index in [2.05, 4.69) is 6.07 Å². The number of hydrogen-bond acceptors (Lipinski definition) is 3. The molecule has 100 valence electrons. The maximum absolute atomic E-state index is 12.5. The van der Waals surface area contributed by atoms with Crippen LogP contribution in [0.25, 0.3) is 0 Å². The van der Waals surface area contributed by atoms with Crippen LogP contribution in [0.4, 0.5) is 5.69 Å². The van der Waals surface area contributed by atoms with Crippen molar-refractivity contribution in [2.24, 2.45) is 11.8 Å². The number of hydrogen-bond donors (Lipinski definition) is 0. The molecule has 0 N–H and O–H groups in total. The van der Waals surface area contributed by atoms with Crippen LogP contribution in [0.15, 0.2) is 30.4 Å². The fraction of sp³-hybridized carbons (Fsp3) is 0.312. The molecule has 3 rings (SSSR count). The Bertz CT molecular complexity index is 644. The van der Waals surface area contributed by atoms with Gasteiger partial charge in [-0.3, -0.25) is 9.59 Å². The topological polar surface area (TPSA) is 61.2 Å². The van der Waals surface area contributed by atoms with Crippen molar-refractivity contribution in [3.05, 3.63) is 41.5 Å². The van der Waals surface area contributed by atoms with Crippen molar-refractivity contribution in [3.8, 4) is 6.07 Å². The van der Waals surface area contributed by atoms with E-state index in [9.17, 15) is 14.9 Å². The Hall–Kier alpha value is -2.41. The van der Waals surface area contributed by atoms with Gasteiger partial charge in [0.2, 0.25) is 11.8 Å². The number of nitriles is 1. The van der Waals surface area contributed by atoms with Gasteiger partial charge in [0, 0.05) is 0 Å². The third-order valence-electron chi connectivity index (χ3n) is 4.11. The van der Waals surface area contributed by atoms with Crippen molar-refractivity contribution in [1.82, 2.24) is 0 Å². The molecule has 1 fully saturated rings. The van der Waals surface area contributed by atoms with Gasteiger partial charge in [-0.1, -0.05) is 24.3 Å². The Morgan fingerprint density at radius 3 is 2.30 bits per heavy atom. The lowest BCUT2D eigenvalue weighted by molar-refractivity contribution is -0.122. The maximum atomic E-state index is 12.5. The Morgan fingerprint density at radius 1 is 1.15 bits per heavy atom. The molecule has 2 amide bonds. The Balaban J connectivity index is 2.08. The Morgan fingerprint density at radius 2 is 1.75 bits per heavy atom. The zero-order chi connectivity index (χ0) is 14.3. The van der Waals surface area contributed by atoms with Crippen LogP contribution >= 0.6 is 0 Å². The molecule has 1 aromatic rings. The smallest absolute Gasteiger partial charge is 0.238 e. The summed E-state index contributed by atoms with van der Waals surface area (Å²) in [7, 11) is 0. The second-order valence-electron chi connectivity index (χ2n) is 5.25. The largest absolute Gasteiger partial charge is 0.274 e. The highest BCUT2D eigenvalue weighted by Gasteiger charge is 2.48. The summed E-state index contributed by atoms with van der Waals surface area (Å²) in [6, 6.07) is 7.35. The van der Waals surface area contributed by atoms with Crippen LogP contribution < -0.4 is 4.90 Å². The van der Waals surface area contributed by atoms with Crippen LogP contribution in [0.1, 0.15) is 24.0 Å². The minimum Gasteiger partial charge on any atom is -0.274 e. The van der Waals surface area contributed by atoms with Crippen molar-refractivity contribution in [1.29, 1.82) is 5.26 Å². The lowest BCUT2D eigenvalue weighted by atomic mass is 9.85. The van der Waals surface area contributed by atoms with E-state index in [0.717, 1.165) is 5.56 Å². The molecule has 0 saturated carbocycles. The van der Waals surface area contributed by atoms with Crippen LogP contribution in [0.3, 0.4) is 0 Å². The van der Waals surface area contributed by atoms with Gasteiger partial charge in [0.05, 0.1) is 23.1 Å². The van der Waals surface area contributed by atoms with E-state index in [1.54, 1.807) is 12.1 Å². The third-order valence-corrected chi connectivity index (χ3v) is 4.11. The molecule has 0 spiro atoms. The van der Waals surface area contributed by atoms with E-state index in [1.807, 2.05) is 25.1 Å². The molecular weight excluding hydrogens is 252 g/mol. The molecule has 0 aromatic heterocycles. The number of nitrogens with zero attached hydrogens (tertiary/aromatic N) is 2. The van der Waals surface area contributed by atoms with E-state index in [1.165, 1.54) is 4.90 Å². The fourth-order valence-electron chi connectivity index (χ4n) is 3.02. The van der Waals surface area contributed by atoms with Crippen molar-refractivity contribution >= 4 is 17.5 Å². The lowest BCUT2D eigenvalue weighted by Gasteiger charge is -2.17. The number of fused-ring (bicyclic) bond motifs is 1. The van der Waals surface area contributed by atoms with Gasteiger partial charge in [-0.05, 0) is 31.4 Å². The van der Waals surface area contributed by atoms with Gasteiger partial charge < -0.3 is 0 Å². The molecule has 4 nitrogen and oxygen atoms in total. The summed E-state index contributed by atoms with van der Waals surface area (Å²) in [5.74, 6) is -0.878. The van der Waals surface area contributed by atoms with E-state index >= 15 is 0 Å². The molecule has 2 aliphatic rings. The van der Waals surface area contributed by atoms with Gasteiger partial charge in [-0.25, -0.2) is 4.90 Å². The number of rotatable bonds is 1. The molecule has 1 aromatic carbocycles. The van der Waals surface area contributed by atoms with Crippen LogP contribution in [0, 0.1) is 30.1 Å². The maximum Gasteiger partial charge on any atom is 0.238 e. The number of benzene rings is 1. The predicted octanol–water partition coefficient (Wildman–Crippen LogP) is 2.32. The SMILES string of the molecule is Cc1cccc(N2C(=O)C3CC=CCC3C2=O)c1C#N. The average Bonchev–Trinajstić information content (AvgIpc) is 2.71. The predicted molar refractivity (Wildman–Crippen MR) is 73.7 cm³/mol. The van der Waals surface area contributed by atoms with Gasteiger partial charge in [0.25, 0.3) is 0 Å². The number of allylic oxidation sites excluding steroid dienone is 2. The number of carbonyl (C=O) groups excluding carboxylic acids is 2. The van der Waals surface area contributed by atoms with Crippen molar-refractivity contribution < 1.29 is 9.59 Å². The van der Waals surface area contributed by atoms with Crippen LogP contribution in [-0.4, -0.2) is 11.8 Å². The van der Waals surface area contributed by atoms with Crippen molar-refractivity contribution in [2.45, 2.75) is 19.8 Å². The standard InChI is InChI=1S/C16H14N2O2/c1-10-5-4-8-14(13(10)9-17)18-15(19)11-6-2-3-7-12(11)16(18)20/h2-5,8,11-12H,6-7H2,1H3. The number of anilines is 1. The minimum atomic E-state index is -0.264. The van der Waals surface area contributed by atoms with E-state index < -0.39 is 0 Å². The van der Waals surface area contributed by atoms with E-state index in [4.69, 9.17) is 0 Å². The number of imide groups is 1. The molecule has 2 unspecified atom stereocenters. The van der Waals surface area contributed by atoms with Crippen LogP contribution in [-0.2, 0) is 9.59 Å². The minimum absolute atomic E-state index is 0.175. The molecule has 0 radical (unpaired) electrons. The third kappa shape index (κ3) is 1.67. The highest BCUT2D eigenvalue weighted by atomic mass is 16.2. The summed E-state index contributed by atoms with van der Waals surface area (Å²) >= 11 is 0. The van der Waals surface area contributed by atoms with Gasteiger partial charge >= 0.3 is 0 Å². The fourth-order valence-corrected chi connectivity index (χ4v) is 3.02. The molecule has 1 aliphatic heterocycles. The van der Waals surface area contributed by atoms with Crippen molar-refractivity contribution in [2.75, 3.05) is 4.90 Å². The first-order chi connectivity index (χ1) is 9.65. The first-order valence-electron chi connectivity index (χ1n) is 6.67. The zero-order valence-corrected chi connectivity index (χ0v) is 11.2. The first-order valence-corrected chi connectivity index (χ1v) is 6.67. The summed E-state index contributed by atoms with van der Waals surface area (Å²) in [6.07, 6.45) is 5.13. The molecule has 1 saturated heterocycles. The second-order valence-corrected chi connectivity index (χ2v) is 5.25. The molecule has 2 atom stereocenters. The molecule has 1 aliphatic carbocycles. The zero-order valence-electron chi connectivity index (χ0n) is 11.2. The summed E-state index contributed by atoms with van der Waals surface area (Å²) in [6.45, 7) is 1.81. The highest BCUT2D eigenvalue weighted by Crippen LogP contribution is 2.38. The summed E-state index contributed by atoms with van der Waals surface area (Å²) in [5, 5.41) is 9.28. The van der Waals surface area contributed by atoms with Crippen LogP contribution in [0.2, 0.25) is 0 Å². The number of aryl methyl sites for hydroxylation is 1. The summed E-state index contributed by atoms with van der Waals surface area (Å²) < 4.78 is 0. The summed E-state index contributed by atoms with van der Waals surface area (Å²) in [4.78, 5) is 26.2. The number of amides is 2. The lowest BCUT2D eigenvalue weighted by Crippen LogP contribution is -2.31. The quantitative estimate of drug-likeness (QED) is 0.579.